The van der Waals surface area contributed by atoms with Gasteiger partial charge < -0.3 is 4.42 Å². The van der Waals surface area contributed by atoms with Crippen molar-refractivity contribution in [2.24, 2.45) is 0 Å². The standard InChI is InChI=1S/C60H37N3OS2/c1-60(2)47-19-6-3-14-39(47)40-27-24-37(33-48(40)60)35-13-9-12-34(30-35)36-25-28-49-46(31-36)55-43(17-10-20-50(55)64-49)58-61-57(38-26-29-53-45(32-38)41-15-4-7-21-51(41)65-53)62-59(63-58)44-18-11-23-54-56(44)42-16-5-8-22-52(42)66-54/h3-33H,1-2H3. The van der Waals surface area contributed by atoms with Crippen LogP contribution in [-0.2, 0) is 5.41 Å². The Kier molecular flexibility index (Phi) is 8.04. The van der Waals surface area contributed by atoms with Crippen molar-refractivity contribution in [3.63, 3.8) is 0 Å². The molecule has 13 aromatic rings. The highest BCUT2D eigenvalue weighted by atomic mass is 32.1. The zero-order valence-electron chi connectivity index (χ0n) is 36.0. The predicted molar refractivity (Wildman–Crippen MR) is 278 cm³/mol. The first-order chi connectivity index (χ1) is 32.4. The van der Waals surface area contributed by atoms with Gasteiger partial charge in [-0.25, -0.2) is 15.0 Å². The number of hydrogen-bond acceptors (Lipinski definition) is 6. The maximum Gasteiger partial charge on any atom is 0.164 e. The van der Waals surface area contributed by atoms with Crippen molar-refractivity contribution in [3.8, 4) is 67.5 Å². The second-order valence-electron chi connectivity index (χ2n) is 17.9. The number of rotatable bonds is 5. The van der Waals surface area contributed by atoms with Gasteiger partial charge in [0.25, 0.3) is 0 Å². The van der Waals surface area contributed by atoms with Gasteiger partial charge in [0, 0.05) is 73.2 Å². The van der Waals surface area contributed by atoms with Gasteiger partial charge in [0.15, 0.2) is 17.5 Å². The van der Waals surface area contributed by atoms with Crippen LogP contribution in [0.4, 0.5) is 0 Å². The van der Waals surface area contributed by atoms with Crippen molar-refractivity contribution in [3.05, 3.63) is 199 Å². The molecule has 4 nitrogen and oxygen atoms in total. The van der Waals surface area contributed by atoms with E-state index >= 15 is 0 Å². The molecular weight excluding hydrogens is 843 g/mol. The summed E-state index contributed by atoms with van der Waals surface area (Å²) in [6.07, 6.45) is 0. The number of furan rings is 1. The van der Waals surface area contributed by atoms with Gasteiger partial charge in [-0.05, 0) is 111 Å². The molecule has 0 unspecified atom stereocenters. The normalized spacial score (nSPS) is 13.1. The van der Waals surface area contributed by atoms with Gasteiger partial charge in [-0.3, -0.25) is 0 Å². The number of nitrogens with zero attached hydrogens (tertiary/aromatic N) is 3. The molecule has 0 atom stereocenters. The second kappa shape index (κ2) is 14.1. The quantitative estimate of drug-likeness (QED) is 0.173. The Morgan fingerprint density at radius 2 is 0.909 bits per heavy atom. The van der Waals surface area contributed by atoms with E-state index in [0.29, 0.717) is 17.5 Å². The Morgan fingerprint density at radius 1 is 0.348 bits per heavy atom. The SMILES string of the molecule is CC1(C)c2ccccc2-c2ccc(-c3cccc(-c4ccc5oc6cccc(-c7nc(-c8ccc9sc%10ccccc%10c9c8)nc(-c8cccc9sc%10ccccc%10c89)n7)c6c5c4)c3)cc21. The highest BCUT2D eigenvalue weighted by molar-refractivity contribution is 7.26. The van der Waals surface area contributed by atoms with Crippen LogP contribution in [0.3, 0.4) is 0 Å². The first-order valence-corrected chi connectivity index (χ1v) is 24.0. The third-order valence-corrected chi connectivity index (χ3v) is 16.1. The monoisotopic (exact) mass is 879 g/mol. The molecule has 66 heavy (non-hydrogen) atoms. The number of benzene rings is 9. The summed E-state index contributed by atoms with van der Waals surface area (Å²) in [5.41, 5.74) is 14.4. The van der Waals surface area contributed by atoms with Gasteiger partial charge in [0.1, 0.15) is 11.2 Å². The molecule has 0 saturated carbocycles. The van der Waals surface area contributed by atoms with E-state index < -0.39 is 0 Å². The zero-order chi connectivity index (χ0) is 43.7. The number of aromatic nitrogens is 3. The van der Waals surface area contributed by atoms with Gasteiger partial charge in [-0.1, -0.05) is 135 Å². The minimum atomic E-state index is -0.0667. The topological polar surface area (TPSA) is 51.8 Å². The van der Waals surface area contributed by atoms with Crippen LogP contribution in [0.15, 0.2) is 192 Å². The fourth-order valence-corrected chi connectivity index (χ4v) is 12.7. The fraction of sp³-hybridized carbons (Fsp3) is 0.0500. The predicted octanol–water partition coefficient (Wildman–Crippen LogP) is 17.1. The lowest BCUT2D eigenvalue weighted by atomic mass is 9.81. The summed E-state index contributed by atoms with van der Waals surface area (Å²) in [4.78, 5) is 16.1. The molecule has 0 radical (unpaired) electrons. The Hall–Kier alpha value is -7.77. The van der Waals surface area contributed by atoms with Crippen molar-refractivity contribution >= 4 is 85.0 Å². The van der Waals surface area contributed by atoms with E-state index in [1.165, 1.54) is 68.3 Å². The van der Waals surface area contributed by atoms with Crippen LogP contribution < -0.4 is 0 Å². The molecule has 0 bridgehead atoms. The largest absolute Gasteiger partial charge is 0.456 e. The van der Waals surface area contributed by atoms with Crippen LogP contribution in [0, 0.1) is 0 Å². The molecule has 9 aromatic carbocycles. The van der Waals surface area contributed by atoms with E-state index in [4.69, 9.17) is 19.4 Å². The lowest BCUT2D eigenvalue weighted by Gasteiger charge is -2.22. The Balaban J connectivity index is 0.935. The van der Waals surface area contributed by atoms with E-state index in [9.17, 15) is 0 Å². The molecular formula is C60H37N3OS2. The maximum absolute atomic E-state index is 6.62. The molecule has 0 spiro atoms. The molecule has 4 heterocycles. The summed E-state index contributed by atoms with van der Waals surface area (Å²) in [7, 11) is 0. The highest BCUT2D eigenvalue weighted by Crippen LogP contribution is 2.50. The summed E-state index contributed by atoms with van der Waals surface area (Å²) < 4.78 is 11.6. The fourth-order valence-electron chi connectivity index (χ4n) is 10.5. The summed E-state index contributed by atoms with van der Waals surface area (Å²) >= 11 is 3.61. The van der Waals surface area contributed by atoms with E-state index in [-0.39, 0.29) is 5.41 Å². The lowest BCUT2D eigenvalue weighted by Crippen LogP contribution is -2.14. The number of fused-ring (bicyclic) bond motifs is 12. The second-order valence-corrected chi connectivity index (χ2v) is 20.1. The smallest absolute Gasteiger partial charge is 0.164 e. The molecule has 14 rings (SSSR count). The molecule has 310 valence electrons. The first kappa shape index (κ1) is 37.6. The van der Waals surface area contributed by atoms with Crippen LogP contribution in [0.5, 0.6) is 0 Å². The molecule has 0 aliphatic heterocycles. The summed E-state index contributed by atoms with van der Waals surface area (Å²) in [5, 5.41) is 6.80. The molecule has 6 heteroatoms. The maximum atomic E-state index is 6.62. The third-order valence-electron chi connectivity index (χ3n) is 13.8. The minimum absolute atomic E-state index is 0.0667. The minimum Gasteiger partial charge on any atom is -0.456 e. The van der Waals surface area contributed by atoms with E-state index in [1.807, 2.05) is 23.5 Å². The van der Waals surface area contributed by atoms with Crippen molar-refractivity contribution in [2.75, 3.05) is 0 Å². The molecule has 1 aliphatic rings. The Morgan fingerprint density at radius 3 is 1.76 bits per heavy atom. The molecule has 4 aromatic heterocycles. The number of hydrogen-bond donors (Lipinski definition) is 0. The third kappa shape index (κ3) is 5.65. The zero-order valence-corrected chi connectivity index (χ0v) is 37.6. The van der Waals surface area contributed by atoms with Crippen LogP contribution in [0.25, 0.3) is 130 Å². The van der Waals surface area contributed by atoms with Gasteiger partial charge in [0.05, 0.1) is 0 Å². The number of thiophene rings is 2. The van der Waals surface area contributed by atoms with Crippen molar-refractivity contribution in [2.45, 2.75) is 19.3 Å². The van der Waals surface area contributed by atoms with Gasteiger partial charge in [-0.15, -0.1) is 22.7 Å². The van der Waals surface area contributed by atoms with Crippen molar-refractivity contribution < 1.29 is 4.42 Å². The average molecular weight is 880 g/mol. The average Bonchev–Trinajstić information content (AvgIpc) is 4.11. The Labute approximate surface area is 388 Å². The van der Waals surface area contributed by atoms with Gasteiger partial charge in [-0.2, -0.15) is 0 Å². The van der Waals surface area contributed by atoms with E-state index in [0.717, 1.165) is 55.1 Å². The summed E-state index contributed by atoms with van der Waals surface area (Å²) in [6.45, 7) is 4.68. The van der Waals surface area contributed by atoms with E-state index in [2.05, 4.69) is 190 Å². The highest BCUT2D eigenvalue weighted by Gasteiger charge is 2.35. The van der Waals surface area contributed by atoms with Crippen molar-refractivity contribution in [1.82, 2.24) is 15.0 Å². The van der Waals surface area contributed by atoms with Gasteiger partial charge in [0.2, 0.25) is 0 Å². The van der Waals surface area contributed by atoms with Crippen LogP contribution in [-0.4, -0.2) is 15.0 Å². The Bertz CT molecular complexity index is 4170. The molecule has 1 aliphatic carbocycles. The summed E-state index contributed by atoms with van der Waals surface area (Å²) in [6, 6.07) is 67.7. The molecule has 0 N–H and O–H groups in total. The first-order valence-electron chi connectivity index (χ1n) is 22.3. The van der Waals surface area contributed by atoms with E-state index in [1.54, 1.807) is 11.3 Å². The van der Waals surface area contributed by atoms with Crippen LogP contribution in [0.2, 0.25) is 0 Å². The van der Waals surface area contributed by atoms with Crippen LogP contribution in [0.1, 0.15) is 25.0 Å². The lowest BCUT2D eigenvalue weighted by molar-refractivity contribution is 0.660. The summed E-state index contributed by atoms with van der Waals surface area (Å²) in [5.74, 6) is 1.87. The van der Waals surface area contributed by atoms with Crippen LogP contribution >= 0.6 is 22.7 Å². The molecule has 0 amide bonds. The molecule has 0 fully saturated rings. The van der Waals surface area contributed by atoms with Crippen molar-refractivity contribution in [1.29, 1.82) is 0 Å². The molecule has 0 saturated heterocycles. The van der Waals surface area contributed by atoms with Gasteiger partial charge >= 0.3 is 0 Å².